The molecule has 0 fully saturated rings. The number of anilines is 1. The van der Waals surface area contributed by atoms with Gasteiger partial charge in [-0.3, -0.25) is 4.98 Å². The van der Waals surface area contributed by atoms with Gasteiger partial charge in [0.05, 0.1) is 16.3 Å². The summed E-state index contributed by atoms with van der Waals surface area (Å²) in [5.74, 6) is 0.658. The van der Waals surface area contributed by atoms with Crippen LogP contribution in [0.4, 0.5) is 5.69 Å². The maximum atomic E-state index is 5.99. The van der Waals surface area contributed by atoms with E-state index in [0.717, 1.165) is 8.95 Å². The molecule has 2 heterocycles. The van der Waals surface area contributed by atoms with E-state index in [4.69, 9.17) is 21.9 Å². The molecule has 0 radical (unpaired) electrons. The summed E-state index contributed by atoms with van der Waals surface area (Å²) in [6.45, 7) is 0. The molecule has 3 aromatic rings. The zero-order chi connectivity index (χ0) is 15.0. The van der Waals surface area contributed by atoms with Gasteiger partial charge >= 0.3 is 0 Å². The highest BCUT2D eigenvalue weighted by Crippen LogP contribution is 2.32. The molecule has 3 rings (SSSR count). The van der Waals surface area contributed by atoms with Crippen molar-refractivity contribution >= 4 is 49.1 Å². The summed E-state index contributed by atoms with van der Waals surface area (Å²) in [6, 6.07) is 7.09. The minimum atomic E-state index is 0.293. The third-order valence-electron chi connectivity index (χ3n) is 2.73. The number of halogens is 3. The largest absolute Gasteiger partial charge is 0.397 e. The first kappa shape index (κ1) is 14.5. The van der Waals surface area contributed by atoms with E-state index in [0.29, 0.717) is 33.7 Å². The minimum absolute atomic E-state index is 0.293. The number of rotatable bonds is 2. The fraction of sp³-hybridized carbons (Fsp3) is 0. The lowest BCUT2D eigenvalue weighted by Gasteiger charge is -2.01. The zero-order valence-corrected chi connectivity index (χ0v) is 14.3. The lowest BCUT2D eigenvalue weighted by atomic mass is 10.2. The van der Waals surface area contributed by atoms with E-state index in [2.05, 4.69) is 47.0 Å². The lowest BCUT2D eigenvalue weighted by Crippen LogP contribution is -1.91. The van der Waals surface area contributed by atoms with Crippen LogP contribution in [0.25, 0.3) is 23.0 Å². The van der Waals surface area contributed by atoms with Crippen molar-refractivity contribution in [3.8, 4) is 23.0 Å². The Morgan fingerprint density at radius 1 is 1.24 bits per heavy atom. The van der Waals surface area contributed by atoms with Crippen molar-refractivity contribution in [3.05, 3.63) is 44.4 Å². The van der Waals surface area contributed by atoms with Gasteiger partial charge in [-0.05, 0) is 50.1 Å². The maximum Gasteiger partial charge on any atom is 0.260 e. The van der Waals surface area contributed by atoms with Gasteiger partial charge in [-0.2, -0.15) is 4.98 Å². The van der Waals surface area contributed by atoms with Gasteiger partial charge in [0.15, 0.2) is 0 Å². The van der Waals surface area contributed by atoms with E-state index >= 15 is 0 Å². The van der Waals surface area contributed by atoms with E-state index in [1.807, 2.05) is 6.07 Å². The molecule has 0 atom stereocenters. The Morgan fingerprint density at radius 2 is 2.05 bits per heavy atom. The highest BCUT2D eigenvalue weighted by atomic mass is 79.9. The smallest absolute Gasteiger partial charge is 0.260 e. The first-order valence-electron chi connectivity index (χ1n) is 5.75. The fourth-order valence-corrected chi connectivity index (χ4v) is 3.07. The molecule has 0 aliphatic rings. The average molecular weight is 430 g/mol. The third-order valence-corrected chi connectivity index (χ3v) is 4.10. The van der Waals surface area contributed by atoms with Gasteiger partial charge in [0.25, 0.3) is 5.89 Å². The molecule has 8 heteroatoms. The second-order valence-corrected chi connectivity index (χ2v) is 6.29. The number of hydrogen-bond donors (Lipinski definition) is 1. The lowest BCUT2D eigenvalue weighted by molar-refractivity contribution is 0.432. The number of nitrogens with zero attached hydrogens (tertiary/aromatic N) is 3. The van der Waals surface area contributed by atoms with Crippen molar-refractivity contribution in [3.63, 3.8) is 0 Å². The second-order valence-electron chi connectivity index (χ2n) is 4.11. The van der Waals surface area contributed by atoms with Crippen LogP contribution in [0.15, 0.2) is 43.9 Å². The molecular weight excluding hydrogens is 423 g/mol. The van der Waals surface area contributed by atoms with E-state index in [-0.39, 0.29) is 0 Å². The molecule has 0 aliphatic carbocycles. The molecule has 0 unspecified atom stereocenters. The highest BCUT2D eigenvalue weighted by molar-refractivity contribution is 9.11. The van der Waals surface area contributed by atoms with Gasteiger partial charge in [-0.25, -0.2) is 0 Å². The quantitative estimate of drug-likeness (QED) is 0.603. The number of para-hydroxylation sites is 1. The first-order chi connectivity index (χ1) is 10.1. The zero-order valence-electron chi connectivity index (χ0n) is 10.3. The molecule has 0 bridgehead atoms. The summed E-state index contributed by atoms with van der Waals surface area (Å²) < 4.78 is 6.86. The van der Waals surface area contributed by atoms with E-state index < -0.39 is 0 Å². The second kappa shape index (κ2) is 5.75. The predicted octanol–water partition coefficient (Wildman–Crippen LogP) is 4.56. The average Bonchev–Trinajstić information content (AvgIpc) is 2.91. The summed E-state index contributed by atoms with van der Waals surface area (Å²) in [5.41, 5.74) is 7.49. The Hall–Kier alpha value is -1.44. The standard InChI is InChI=1S/C13H7Br2ClN4O/c14-6-4-8(15)11(18-5-6)12-19-13(21-20-12)7-2-1-3-9(16)10(7)17/h1-5H,17H2. The summed E-state index contributed by atoms with van der Waals surface area (Å²) in [4.78, 5) is 8.58. The van der Waals surface area contributed by atoms with Crippen molar-refractivity contribution in [2.75, 3.05) is 5.73 Å². The summed E-state index contributed by atoms with van der Waals surface area (Å²) >= 11 is 12.7. The number of nitrogen functional groups attached to an aromatic ring is 1. The Balaban J connectivity index is 2.06. The molecule has 0 spiro atoms. The van der Waals surface area contributed by atoms with Gasteiger partial charge in [0, 0.05) is 15.1 Å². The SMILES string of the molecule is Nc1c(Cl)cccc1-c1nc(-c2ncc(Br)cc2Br)no1. The third kappa shape index (κ3) is 2.81. The highest BCUT2D eigenvalue weighted by Gasteiger charge is 2.17. The van der Waals surface area contributed by atoms with Crippen molar-refractivity contribution < 1.29 is 4.52 Å². The van der Waals surface area contributed by atoms with Gasteiger partial charge in [0.1, 0.15) is 5.69 Å². The van der Waals surface area contributed by atoms with Crippen molar-refractivity contribution in [1.29, 1.82) is 0 Å². The number of aromatic nitrogens is 3. The molecule has 0 saturated carbocycles. The Morgan fingerprint density at radius 3 is 2.81 bits per heavy atom. The molecule has 2 N–H and O–H groups in total. The van der Waals surface area contributed by atoms with Crippen LogP contribution in [-0.4, -0.2) is 15.1 Å². The van der Waals surface area contributed by atoms with Crippen molar-refractivity contribution in [1.82, 2.24) is 15.1 Å². The van der Waals surface area contributed by atoms with E-state index in [9.17, 15) is 0 Å². The monoisotopic (exact) mass is 428 g/mol. The Kier molecular flexibility index (Phi) is 3.97. The van der Waals surface area contributed by atoms with Crippen LogP contribution in [0.2, 0.25) is 5.02 Å². The van der Waals surface area contributed by atoms with Gasteiger partial charge in [-0.15, -0.1) is 0 Å². The molecule has 0 aliphatic heterocycles. The molecule has 0 amide bonds. The van der Waals surface area contributed by atoms with Crippen LogP contribution in [0, 0.1) is 0 Å². The Labute approximate surface area is 141 Å². The van der Waals surface area contributed by atoms with Crippen molar-refractivity contribution in [2.45, 2.75) is 0 Å². The topological polar surface area (TPSA) is 77.8 Å². The molecule has 5 nitrogen and oxygen atoms in total. The molecule has 1 aromatic carbocycles. The van der Waals surface area contributed by atoms with Crippen LogP contribution in [0.5, 0.6) is 0 Å². The minimum Gasteiger partial charge on any atom is -0.397 e. The summed E-state index contributed by atoms with van der Waals surface area (Å²) in [6.07, 6.45) is 1.66. The maximum absolute atomic E-state index is 5.99. The summed E-state index contributed by atoms with van der Waals surface area (Å²) in [5, 5.41) is 4.37. The van der Waals surface area contributed by atoms with Gasteiger partial charge in [0.2, 0.25) is 5.82 Å². The molecule has 21 heavy (non-hydrogen) atoms. The molecule has 0 saturated heterocycles. The molecule has 106 valence electrons. The van der Waals surface area contributed by atoms with Crippen molar-refractivity contribution in [2.24, 2.45) is 0 Å². The first-order valence-corrected chi connectivity index (χ1v) is 7.72. The van der Waals surface area contributed by atoms with Crippen LogP contribution in [0.1, 0.15) is 0 Å². The van der Waals surface area contributed by atoms with Crippen LogP contribution >= 0.6 is 43.5 Å². The van der Waals surface area contributed by atoms with Gasteiger partial charge in [-0.1, -0.05) is 22.8 Å². The number of nitrogens with two attached hydrogens (primary N) is 1. The van der Waals surface area contributed by atoms with E-state index in [1.165, 1.54) is 0 Å². The predicted molar refractivity (Wildman–Crippen MR) is 87.8 cm³/mol. The van der Waals surface area contributed by atoms with Crippen LogP contribution < -0.4 is 5.73 Å². The van der Waals surface area contributed by atoms with Crippen LogP contribution in [0.3, 0.4) is 0 Å². The fourth-order valence-electron chi connectivity index (χ4n) is 1.73. The number of hydrogen-bond acceptors (Lipinski definition) is 5. The normalized spacial score (nSPS) is 10.8. The molecule has 2 aromatic heterocycles. The van der Waals surface area contributed by atoms with Gasteiger partial charge < -0.3 is 10.3 Å². The number of pyridine rings is 1. The number of benzene rings is 1. The van der Waals surface area contributed by atoms with Crippen LogP contribution in [-0.2, 0) is 0 Å². The summed E-state index contributed by atoms with van der Waals surface area (Å²) in [7, 11) is 0. The molecular formula is C13H7Br2ClN4O. The Bertz CT molecular complexity index is 822. The van der Waals surface area contributed by atoms with E-state index in [1.54, 1.807) is 24.4 Å².